The van der Waals surface area contributed by atoms with E-state index in [1.165, 1.54) is 25.1 Å². The third-order valence-corrected chi connectivity index (χ3v) is 3.22. The van der Waals surface area contributed by atoms with E-state index in [-0.39, 0.29) is 29.6 Å². The number of nitrogens with two attached hydrogens (primary N) is 1. The Kier molecular flexibility index (Phi) is 6.37. The second-order valence-electron chi connectivity index (χ2n) is 5.19. The van der Waals surface area contributed by atoms with Gasteiger partial charge in [0.2, 0.25) is 0 Å². The van der Waals surface area contributed by atoms with E-state index in [2.05, 4.69) is 5.32 Å². The Balaban J connectivity index is 2.72. The second-order valence-corrected chi connectivity index (χ2v) is 5.63. The quantitative estimate of drug-likeness (QED) is 0.794. The predicted octanol–water partition coefficient (Wildman–Crippen LogP) is 1.55. The molecule has 1 rings (SSSR count). The first kappa shape index (κ1) is 18.0. The summed E-state index contributed by atoms with van der Waals surface area (Å²) >= 11 is 5.78. The summed E-state index contributed by atoms with van der Waals surface area (Å²) in [6.45, 7) is 4.74. The summed E-state index contributed by atoms with van der Waals surface area (Å²) in [6.07, 6.45) is 0. The third kappa shape index (κ3) is 5.04. The highest BCUT2D eigenvalue weighted by Crippen LogP contribution is 2.22. The number of primary amides is 1. The molecule has 0 bridgehead atoms. The number of nitrogens with one attached hydrogen (secondary N) is 1. The Morgan fingerprint density at radius 2 is 1.95 bits per heavy atom. The van der Waals surface area contributed by atoms with Crippen LogP contribution in [0.5, 0.6) is 5.75 Å². The Morgan fingerprint density at radius 3 is 2.45 bits per heavy atom. The van der Waals surface area contributed by atoms with Crippen molar-refractivity contribution in [2.75, 3.05) is 6.61 Å². The van der Waals surface area contributed by atoms with Crippen LogP contribution >= 0.6 is 11.6 Å². The van der Waals surface area contributed by atoms with Crippen molar-refractivity contribution in [2.45, 2.75) is 26.8 Å². The lowest BCUT2D eigenvalue weighted by molar-refractivity contribution is -0.129. The Hall–Kier alpha value is -2.08. The number of hydrogen-bond acceptors (Lipinski definition) is 4. The van der Waals surface area contributed by atoms with Crippen molar-refractivity contribution in [1.82, 2.24) is 5.32 Å². The highest BCUT2D eigenvalue weighted by atomic mass is 35.5. The van der Waals surface area contributed by atoms with Crippen LogP contribution in [-0.2, 0) is 9.59 Å². The number of ether oxygens (including phenoxy) is 1. The monoisotopic (exact) mass is 326 g/mol. The number of benzene rings is 1. The molecular formula is C15H19ClN2O4. The molecule has 0 aliphatic heterocycles. The molecule has 1 aromatic carbocycles. The molecule has 0 fully saturated rings. The molecule has 0 saturated heterocycles. The number of halogens is 1. The Bertz CT molecular complexity index is 587. The lowest BCUT2D eigenvalue weighted by Gasteiger charge is -2.19. The largest absolute Gasteiger partial charge is 0.483 e. The van der Waals surface area contributed by atoms with Crippen LogP contribution < -0.4 is 15.8 Å². The topological polar surface area (TPSA) is 98.5 Å². The summed E-state index contributed by atoms with van der Waals surface area (Å²) in [7, 11) is 0. The summed E-state index contributed by atoms with van der Waals surface area (Å²) in [4.78, 5) is 34.6. The third-order valence-electron chi connectivity index (χ3n) is 2.99. The van der Waals surface area contributed by atoms with Crippen LogP contribution in [0.3, 0.4) is 0 Å². The van der Waals surface area contributed by atoms with Gasteiger partial charge in [-0.25, -0.2) is 0 Å². The molecule has 1 atom stereocenters. The van der Waals surface area contributed by atoms with Crippen LogP contribution in [0.1, 0.15) is 31.1 Å². The summed E-state index contributed by atoms with van der Waals surface area (Å²) in [5.41, 5.74) is 5.32. The SMILES string of the molecule is CC(=O)C(NC(=O)COc1ccc(Cl)cc1C(N)=O)C(C)C. The molecule has 6 nitrogen and oxygen atoms in total. The Labute approximate surface area is 134 Å². The zero-order valence-corrected chi connectivity index (χ0v) is 13.4. The maximum Gasteiger partial charge on any atom is 0.258 e. The molecule has 3 N–H and O–H groups in total. The zero-order valence-electron chi connectivity index (χ0n) is 12.7. The number of hydrogen-bond donors (Lipinski definition) is 2. The molecule has 0 aliphatic carbocycles. The highest BCUT2D eigenvalue weighted by molar-refractivity contribution is 6.31. The van der Waals surface area contributed by atoms with Crippen molar-refractivity contribution in [3.8, 4) is 5.75 Å². The maximum absolute atomic E-state index is 11.9. The maximum atomic E-state index is 11.9. The van der Waals surface area contributed by atoms with E-state index >= 15 is 0 Å². The zero-order chi connectivity index (χ0) is 16.9. The van der Waals surface area contributed by atoms with Crippen molar-refractivity contribution in [1.29, 1.82) is 0 Å². The minimum atomic E-state index is -0.707. The molecule has 0 radical (unpaired) electrons. The predicted molar refractivity (Wildman–Crippen MR) is 82.9 cm³/mol. The van der Waals surface area contributed by atoms with Gasteiger partial charge in [-0.05, 0) is 31.0 Å². The van der Waals surface area contributed by atoms with Crippen LogP contribution in [-0.4, -0.2) is 30.2 Å². The van der Waals surface area contributed by atoms with Crippen molar-refractivity contribution in [3.05, 3.63) is 28.8 Å². The van der Waals surface area contributed by atoms with Crippen LogP contribution in [0.15, 0.2) is 18.2 Å². The van der Waals surface area contributed by atoms with Gasteiger partial charge in [0.1, 0.15) is 5.75 Å². The van der Waals surface area contributed by atoms with Crippen molar-refractivity contribution in [3.63, 3.8) is 0 Å². The van der Waals surface area contributed by atoms with Crippen molar-refractivity contribution >= 4 is 29.2 Å². The molecule has 120 valence electrons. The molecule has 2 amide bonds. The van der Waals surface area contributed by atoms with E-state index in [1.54, 1.807) is 0 Å². The minimum Gasteiger partial charge on any atom is -0.483 e. The number of carbonyl (C=O) groups excluding carboxylic acids is 3. The number of ketones is 1. The van der Waals surface area contributed by atoms with Crippen molar-refractivity contribution < 1.29 is 19.1 Å². The molecule has 1 aromatic rings. The standard InChI is InChI=1S/C15H19ClN2O4/c1-8(2)14(9(3)19)18-13(20)7-22-12-5-4-10(16)6-11(12)15(17)21/h4-6,8,14H,7H2,1-3H3,(H2,17,21)(H,18,20). The molecule has 0 saturated carbocycles. The second kappa shape index (κ2) is 7.79. The first-order valence-electron chi connectivity index (χ1n) is 6.74. The highest BCUT2D eigenvalue weighted by Gasteiger charge is 2.21. The van der Waals surface area contributed by atoms with Crippen LogP contribution in [0.2, 0.25) is 5.02 Å². The summed E-state index contributed by atoms with van der Waals surface area (Å²) in [6, 6.07) is 3.77. The van der Waals surface area contributed by atoms with Gasteiger partial charge in [0.15, 0.2) is 12.4 Å². The van der Waals surface area contributed by atoms with E-state index < -0.39 is 17.9 Å². The molecule has 7 heteroatoms. The fourth-order valence-corrected chi connectivity index (χ4v) is 2.09. The summed E-state index contributed by atoms with van der Waals surface area (Å²) in [5, 5.41) is 2.93. The van der Waals surface area contributed by atoms with Gasteiger partial charge in [0, 0.05) is 5.02 Å². The molecule has 0 aromatic heterocycles. The van der Waals surface area contributed by atoms with Crippen LogP contribution in [0, 0.1) is 5.92 Å². The van der Waals surface area contributed by atoms with Crippen LogP contribution in [0.25, 0.3) is 0 Å². The van der Waals surface area contributed by atoms with Gasteiger partial charge in [-0.1, -0.05) is 25.4 Å². The van der Waals surface area contributed by atoms with E-state index in [0.29, 0.717) is 5.02 Å². The van der Waals surface area contributed by atoms with Gasteiger partial charge in [-0.2, -0.15) is 0 Å². The molecule has 0 heterocycles. The van der Waals surface area contributed by atoms with Gasteiger partial charge < -0.3 is 15.8 Å². The minimum absolute atomic E-state index is 0.0295. The fraction of sp³-hybridized carbons (Fsp3) is 0.400. The number of Topliss-reactive ketones (excluding diaryl/α,β-unsaturated/α-hetero) is 1. The van der Waals surface area contributed by atoms with Gasteiger partial charge in [-0.3, -0.25) is 14.4 Å². The van der Waals surface area contributed by atoms with E-state index in [0.717, 1.165) is 0 Å². The number of amides is 2. The first-order valence-corrected chi connectivity index (χ1v) is 7.12. The normalized spacial score (nSPS) is 11.9. The lowest BCUT2D eigenvalue weighted by atomic mass is 10.0. The molecular weight excluding hydrogens is 308 g/mol. The lowest BCUT2D eigenvalue weighted by Crippen LogP contribution is -2.45. The average molecular weight is 327 g/mol. The summed E-state index contributed by atoms with van der Waals surface area (Å²) in [5.74, 6) is -1.16. The van der Waals surface area contributed by atoms with Crippen molar-refractivity contribution in [2.24, 2.45) is 11.7 Å². The van der Waals surface area contributed by atoms with Gasteiger partial charge in [-0.15, -0.1) is 0 Å². The molecule has 22 heavy (non-hydrogen) atoms. The first-order chi connectivity index (χ1) is 10.2. The van der Waals surface area contributed by atoms with Gasteiger partial charge in [0.25, 0.3) is 11.8 Å². The molecule has 0 aliphatic rings. The van der Waals surface area contributed by atoms with E-state index in [9.17, 15) is 14.4 Å². The average Bonchev–Trinajstić information content (AvgIpc) is 2.42. The van der Waals surface area contributed by atoms with E-state index in [1.807, 2.05) is 13.8 Å². The van der Waals surface area contributed by atoms with Gasteiger partial charge >= 0.3 is 0 Å². The molecule has 0 spiro atoms. The van der Waals surface area contributed by atoms with E-state index in [4.69, 9.17) is 22.1 Å². The number of rotatable bonds is 7. The van der Waals surface area contributed by atoms with Crippen LogP contribution in [0.4, 0.5) is 0 Å². The number of carbonyl (C=O) groups is 3. The molecule has 1 unspecified atom stereocenters. The van der Waals surface area contributed by atoms with Gasteiger partial charge in [0.05, 0.1) is 11.6 Å². The fourth-order valence-electron chi connectivity index (χ4n) is 1.92. The smallest absolute Gasteiger partial charge is 0.258 e. The summed E-state index contributed by atoms with van der Waals surface area (Å²) < 4.78 is 5.29. The Morgan fingerprint density at radius 1 is 1.32 bits per heavy atom.